The lowest BCUT2D eigenvalue weighted by molar-refractivity contribution is -0.146. The average molecular weight is 168 g/mol. The van der Waals surface area contributed by atoms with Crippen LogP contribution in [0.2, 0.25) is 0 Å². The highest BCUT2D eigenvalue weighted by atomic mass is 16.4. The summed E-state index contributed by atoms with van der Waals surface area (Å²) < 4.78 is 0. The molecule has 2 saturated carbocycles. The van der Waals surface area contributed by atoms with Crippen molar-refractivity contribution in [3.05, 3.63) is 0 Å². The van der Waals surface area contributed by atoms with Crippen LogP contribution in [0.5, 0.6) is 0 Å². The van der Waals surface area contributed by atoms with Crippen molar-refractivity contribution in [1.82, 2.24) is 0 Å². The van der Waals surface area contributed by atoms with E-state index in [0.29, 0.717) is 0 Å². The van der Waals surface area contributed by atoms with E-state index in [-0.39, 0.29) is 5.92 Å². The maximum Gasteiger partial charge on any atom is 0.306 e. The summed E-state index contributed by atoms with van der Waals surface area (Å²) in [6, 6.07) is 0. The zero-order chi connectivity index (χ0) is 8.55. The molecule has 0 heterocycles. The summed E-state index contributed by atoms with van der Waals surface area (Å²) in [6.45, 7) is 0. The Morgan fingerprint density at radius 2 is 1.92 bits per heavy atom. The van der Waals surface area contributed by atoms with Gasteiger partial charge in [0.1, 0.15) is 0 Å². The van der Waals surface area contributed by atoms with Gasteiger partial charge in [-0.05, 0) is 31.1 Å². The van der Waals surface area contributed by atoms with E-state index in [9.17, 15) is 4.79 Å². The topological polar surface area (TPSA) is 37.3 Å². The van der Waals surface area contributed by atoms with Gasteiger partial charge in [-0.25, -0.2) is 0 Å². The van der Waals surface area contributed by atoms with Gasteiger partial charge in [-0.2, -0.15) is 0 Å². The summed E-state index contributed by atoms with van der Waals surface area (Å²) in [7, 11) is 0. The van der Waals surface area contributed by atoms with Gasteiger partial charge in [0.25, 0.3) is 0 Å². The van der Waals surface area contributed by atoms with Crippen LogP contribution in [-0.4, -0.2) is 11.1 Å². The smallest absolute Gasteiger partial charge is 0.306 e. The monoisotopic (exact) mass is 168 g/mol. The largest absolute Gasteiger partial charge is 0.481 e. The van der Waals surface area contributed by atoms with E-state index in [0.717, 1.165) is 24.7 Å². The number of hydrogen-bond acceptors (Lipinski definition) is 1. The molecule has 0 aliphatic heterocycles. The second-order valence-corrected chi connectivity index (χ2v) is 4.41. The third-order valence-corrected chi connectivity index (χ3v) is 3.48. The molecular weight excluding hydrogens is 152 g/mol. The zero-order valence-electron chi connectivity index (χ0n) is 7.33. The normalized spacial score (nSPS) is 35.3. The molecule has 0 atom stereocenters. The minimum Gasteiger partial charge on any atom is -0.481 e. The van der Waals surface area contributed by atoms with Crippen molar-refractivity contribution in [3.8, 4) is 0 Å². The molecule has 0 bridgehead atoms. The van der Waals surface area contributed by atoms with Crippen molar-refractivity contribution < 1.29 is 9.90 Å². The first-order valence-corrected chi connectivity index (χ1v) is 4.98. The van der Waals surface area contributed by atoms with Crippen molar-refractivity contribution in [2.24, 2.45) is 17.8 Å². The molecule has 0 spiro atoms. The molecule has 0 amide bonds. The molecule has 2 aliphatic rings. The molecule has 0 saturated heterocycles. The van der Waals surface area contributed by atoms with E-state index in [1.54, 1.807) is 0 Å². The Hall–Kier alpha value is -0.530. The molecule has 0 aromatic heterocycles. The minimum absolute atomic E-state index is 0.00456. The highest BCUT2D eigenvalue weighted by Crippen LogP contribution is 2.42. The van der Waals surface area contributed by atoms with Gasteiger partial charge < -0.3 is 5.11 Å². The Morgan fingerprint density at radius 1 is 1.25 bits per heavy atom. The fourth-order valence-electron chi connectivity index (χ4n) is 2.33. The van der Waals surface area contributed by atoms with Gasteiger partial charge in [-0.15, -0.1) is 0 Å². The molecule has 2 rings (SSSR count). The second-order valence-electron chi connectivity index (χ2n) is 4.41. The van der Waals surface area contributed by atoms with Crippen molar-refractivity contribution in [2.75, 3.05) is 0 Å². The molecule has 0 aromatic rings. The fraction of sp³-hybridized carbons (Fsp3) is 0.900. The van der Waals surface area contributed by atoms with E-state index in [4.69, 9.17) is 5.11 Å². The lowest BCUT2D eigenvalue weighted by Crippen LogP contribution is -2.32. The van der Waals surface area contributed by atoms with E-state index in [1.807, 2.05) is 0 Å². The molecule has 2 nitrogen and oxygen atoms in total. The molecule has 2 aliphatic carbocycles. The number of carboxylic acids is 1. The van der Waals surface area contributed by atoms with Crippen molar-refractivity contribution >= 4 is 5.97 Å². The van der Waals surface area contributed by atoms with Crippen molar-refractivity contribution in [2.45, 2.75) is 38.5 Å². The quantitative estimate of drug-likeness (QED) is 0.702. The highest BCUT2D eigenvalue weighted by Gasteiger charge is 2.36. The van der Waals surface area contributed by atoms with Crippen LogP contribution in [0.3, 0.4) is 0 Å². The van der Waals surface area contributed by atoms with Crippen LogP contribution in [-0.2, 0) is 4.79 Å². The van der Waals surface area contributed by atoms with Crippen LogP contribution in [0.25, 0.3) is 0 Å². The summed E-state index contributed by atoms with van der Waals surface area (Å²) >= 11 is 0. The Morgan fingerprint density at radius 3 is 2.33 bits per heavy atom. The molecule has 2 heteroatoms. The van der Waals surface area contributed by atoms with Crippen LogP contribution in [0, 0.1) is 17.8 Å². The lowest BCUT2D eigenvalue weighted by atomic mass is 9.67. The molecule has 68 valence electrons. The molecular formula is C10H16O2. The summed E-state index contributed by atoms with van der Waals surface area (Å²) in [6.07, 6.45) is 7.41. The Balaban J connectivity index is 1.64. The van der Waals surface area contributed by atoms with Crippen LogP contribution >= 0.6 is 0 Å². The van der Waals surface area contributed by atoms with Crippen molar-refractivity contribution in [1.29, 1.82) is 0 Å². The summed E-state index contributed by atoms with van der Waals surface area (Å²) in [5.74, 6) is 1.11. The van der Waals surface area contributed by atoms with E-state index >= 15 is 0 Å². The van der Waals surface area contributed by atoms with Crippen LogP contribution in [0.15, 0.2) is 0 Å². The summed E-state index contributed by atoms with van der Waals surface area (Å²) in [4.78, 5) is 10.5. The van der Waals surface area contributed by atoms with Gasteiger partial charge in [0.15, 0.2) is 0 Å². The summed E-state index contributed by atoms with van der Waals surface area (Å²) in [5, 5.41) is 8.66. The van der Waals surface area contributed by atoms with E-state index in [1.165, 1.54) is 25.7 Å². The van der Waals surface area contributed by atoms with Gasteiger partial charge in [0.2, 0.25) is 0 Å². The number of hydrogen-bond donors (Lipinski definition) is 1. The third kappa shape index (κ3) is 1.47. The van der Waals surface area contributed by atoms with Crippen LogP contribution < -0.4 is 0 Å². The molecule has 2 fully saturated rings. The predicted molar refractivity (Wildman–Crippen MR) is 45.8 cm³/mol. The van der Waals surface area contributed by atoms with Gasteiger partial charge >= 0.3 is 5.97 Å². The standard InChI is InChI=1S/C10H16O2/c11-10(12)9-5-8(6-9)4-7-2-1-3-7/h7-9H,1-6H2,(H,11,12). The third-order valence-electron chi connectivity index (χ3n) is 3.48. The Labute approximate surface area is 73.0 Å². The Bertz CT molecular complexity index is 178. The fourth-order valence-corrected chi connectivity index (χ4v) is 2.33. The SMILES string of the molecule is O=C(O)C1CC(CC2CCC2)C1. The molecule has 0 unspecified atom stereocenters. The minimum atomic E-state index is -0.583. The van der Waals surface area contributed by atoms with Gasteiger partial charge in [0.05, 0.1) is 5.92 Å². The van der Waals surface area contributed by atoms with Gasteiger partial charge in [-0.3, -0.25) is 4.79 Å². The maximum absolute atomic E-state index is 10.5. The lowest BCUT2D eigenvalue weighted by Gasteiger charge is -2.37. The number of rotatable bonds is 3. The number of carboxylic acid groups (broad SMARTS) is 1. The average Bonchev–Trinajstić information content (AvgIpc) is 1.79. The first-order chi connectivity index (χ1) is 5.75. The molecule has 1 N–H and O–H groups in total. The first-order valence-electron chi connectivity index (χ1n) is 4.98. The van der Waals surface area contributed by atoms with Gasteiger partial charge in [0, 0.05) is 0 Å². The van der Waals surface area contributed by atoms with E-state index in [2.05, 4.69) is 0 Å². The molecule has 12 heavy (non-hydrogen) atoms. The summed E-state index contributed by atoms with van der Waals surface area (Å²) in [5.41, 5.74) is 0. The molecule has 0 radical (unpaired) electrons. The predicted octanol–water partition coefficient (Wildman–Crippen LogP) is 2.29. The number of carbonyl (C=O) groups is 1. The second kappa shape index (κ2) is 3.08. The van der Waals surface area contributed by atoms with Crippen molar-refractivity contribution in [3.63, 3.8) is 0 Å². The zero-order valence-corrected chi connectivity index (χ0v) is 7.33. The molecule has 0 aromatic carbocycles. The van der Waals surface area contributed by atoms with Crippen LogP contribution in [0.4, 0.5) is 0 Å². The van der Waals surface area contributed by atoms with Crippen LogP contribution in [0.1, 0.15) is 38.5 Å². The highest BCUT2D eigenvalue weighted by molar-refractivity contribution is 5.71. The maximum atomic E-state index is 10.5. The first kappa shape index (κ1) is 8.09. The number of aliphatic carboxylic acids is 1. The van der Waals surface area contributed by atoms with E-state index < -0.39 is 5.97 Å². The van der Waals surface area contributed by atoms with Gasteiger partial charge in [-0.1, -0.05) is 19.3 Å². The Kier molecular flexibility index (Phi) is 2.07.